The minimum atomic E-state index is -1.65. The third-order valence-electron chi connectivity index (χ3n) is 4.69. The fraction of sp³-hybridized carbons (Fsp3) is 0.300. The van der Waals surface area contributed by atoms with E-state index < -0.39 is 35.0 Å². The molecule has 1 N–H and O–H groups in total. The van der Waals surface area contributed by atoms with Gasteiger partial charge in [-0.25, -0.2) is 13.2 Å². The highest BCUT2D eigenvalue weighted by Gasteiger charge is 2.36. The molecule has 0 bridgehead atoms. The van der Waals surface area contributed by atoms with Crippen LogP contribution in [0.3, 0.4) is 0 Å². The van der Waals surface area contributed by atoms with E-state index in [2.05, 4.69) is 5.32 Å². The van der Waals surface area contributed by atoms with Gasteiger partial charge in [0, 0.05) is 18.7 Å². The van der Waals surface area contributed by atoms with E-state index in [0.29, 0.717) is 0 Å². The predicted molar refractivity (Wildman–Crippen MR) is 96.1 cm³/mol. The van der Waals surface area contributed by atoms with Crippen molar-refractivity contribution in [3.8, 4) is 0 Å². The van der Waals surface area contributed by atoms with Crippen LogP contribution in [0.25, 0.3) is 0 Å². The van der Waals surface area contributed by atoms with Gasteiger partial charge in [0.1, 0.15) is 0 Å². The number of nitrogens with zero attached hydrogens (tertiary/aromatic N) is 1. The van der Waals surface area contributed by atoms with E-state index in [9.17, 15) is 22.8 Å². The maximum absolute atomic E-state index is 13.8. The van der Waals surface area contributed by atoms with Crippen LogP contribution in [0.15, 0.2) is 24.3 Å². The molecule has 142 valence electrons. The Balaban J connectivity index is 1.80. The van der Waals surface area contributed by atoms with Crippen molar-refractivity contribution in [2.24, 2.45) is 5.92 Å². The van der Waals surface area contributed by atoms with Gasteiger partial charge in [0.25, 0.3) is 0 Å². The number of carbonyl (C=O) groups excluding carboxylic acids is 2. The summed E-state index contributed by atoms with van der Waals surface area (Å²) in [5.74, 6) is -5.99. The van der Waals surface area contributed by atoms with Crippen LogP contribution in [-0.4, -0.2) is 18.4 Å². The maximum Gasteiger partial charge on any atom is 0.229 e. The first-order chi connectivity index (χ1) is 12.7. The van der Waals surface area contributed by atoms with Crippen LogP contribution >= 0.6 is 0 Å². The van der Waals surface area contributed by atoms with Gasteiger partial charge in [-0.1, -0.05) is 17.7 Å². The Labute approximate surface area is 155 Å². The summed E-state index contributed by atoms with van der Waals surface area (Å²) in [5.41, 5.74) is 3.23. The molecule has 3 rings (SSSR count). The van der Waals surface area contributed by atoms with Crippen molar-refractivity contribution >= 4 is 23.2 Å². The molecule has 4 nitrogen and oxygen atoms in total. The Morgan fingerprint density at radius 2 is 1.70 bits per heavy atom. The van der Waals surface area contributed by atoms with Crippen LogP contribution in [0, 0.1) is 44.1 Å². The number of hydrogen-bond acceptors (Lipinski definition) is 2. The summed E-state index contributed by atoms with van der Waals surface area (Å²) >= 11 is 0. The lowest BCUT2D eigenvalue weighted by Crippen LogP contribution is -2.29. The van der Waals surface area contributed by atoms with Crippen LogP contribution in [0.4, 0.5) is 24.5 Å². The van der Waals surface area contributed by atoms with Gasteiger partial charge in [-0.15, -0.1) is 0 Å². The second-order valence-corrected chi connectivity index (χ2v) is 6.86. The molecule has 1 aliphatic heterocycles. The minimum absolute atomic E-state index is 0.0378. The van der Waals surface area contributed by atoms with Crippen LogP contribution in [0.5, 0.6) is 0 Å². The molecule has 1 saturated heterocycles. The molecule has 0 radical (unpaired) electrons. The summed E-state index contributed by atoms with van der Waals surface area (Å²) in [6.45, 7) is 5.89. The normalized spacial score (nSPS) is 16.7. The highest BCUT2D eigenvalue weighted by molar-refractivity contribution is 6.04. The quantitative estimate of drug-likeness (QED) is 0.823. The first-order valence-electron chi connectivity index (χ1n) is 8.51. The average Bonchev–Trinajstić information content (AvgIpc) is 2.96. The summed E-state index contributed by atoms with van der Waals surface area (Å²) in [4.78, 5) is 26.4. The topological polar surface area (TPSA) is 49.4 Å². The van der Waals surface area contributed by atoms with Crippen LogP contribution < -0.4 is 10.2 Å². The van der Waals surface area contributed by atoms with E-state index in [1.807, 2.05) is 32.9 Å². The van der Waals surface area contributed by atoms with Crippen LogP contribution in [-0.2, 0) is 9.59 Å². The molecule has 2 aromatic rings. The van der Waals surface area contributed by atoms with Crippen molar-refractivity contribution in [1.82, 2.24) is 0 Å². The zero-order valence-corrected chi connectivity index (χ0v) is 15.2. The molecule has 0 spiro atoms. The van der Waals surface area contributed by atoms with E-state index in [1.165, 1.54) is 0 Å². The van der Waals surface area contributed by atoms with Gasteiger partial charge >= 0.3 is 0 Å². The summed E-state index contributed by atoms with van der Waals surface area (Å²) in [6.07, 6.45) is -0.0378. The molecule has 2 amide bonds. The lowest BCUT2D eigenvalue weighted by atomic mass is 10.0. The Morgan fingerprint density at radius 3 is 2.33 bits per heavy atom. The van der Waals surface area contributed by atoms with Gasteiger partial charge < -0.3 is 10.2 Å². The van der Waals surface area contributed by atoms with E-state index in [0.717, 1.165) is 34.5 Å². The number of rotatable bonds is 3. The molecule has 7 heteroatoms. The molecule has 0 aromatic heterocycles. The standard InChI is InChI=1S/C20H19F3N2O2/c1-10-6-11(2)19(12(3)7-10)25-9-13(8-16(25)26)20(27)24-15-5-4-14(21)17(22)18(15)23/h4-7,13H,8-9H2,1-3H3,(H,24,27). The number of benzene rings is 2. The monoisotopic (exact) mass is 376 g/mol. The SMILES string of the molecule is Cc1cc(C)c(N2CC(C(=O)Nc3ccc(F)c(F)c3F)CC2=O)c(C)c1. The van der Waals surface area contributed by atoms with Crippen molar-refractivity contribution in [3.63, 3.8) is 0 Å². The van der Waals surface area contributed by atoms with Crippen LogP contribution in [0.1, 0.15) is 23.1 Å². The third-order valence-corrected chi connectivity index (χ3v) is 4.69. The molecule has 0 aliphatic carbocycles. The number of hydrogen-bond donors (Lipinski definition) is 1. The molecule has 1 fully saturated rings. The van der Waals surface area contributed by atoms with E-state index >= 15 is 0 Å². The van der Waals surface area contributed by atoms with E-state index in [-0.39, 0.29) is 18.9 Å². The summed E-state index contributed by atoms with van der Waals surface area (Å²) in [6, 6.07) is 5.60. The number of anilines is 2. The molecule has 27 heavy (non-hydrogen) atoms. The minimum Gasteiger partial charge on any atom is -0.323 e. The van der Waals surface area contributed by atoms with Crippen molar-refractivity contribution in [2.75, 3.05) is 16.8 Å². The second-order valence-electron chi connectivity index (χ2n) is 6.86. The molecular weight excluding hydrogens is 357 g/mol. The Hall–Kier alpha value is -2.83. The van der Waals surface area contributed by atoms with Crippen molar-refractivity contribution in [1.29, 1.82) is 0 Å². The largest absolute Gasteiger partial charge is 0.323 e. The third kappa shape index (κ3) is 3.54. The lowest BCUT2D eigenvalue weighted by molar-refractivity contribution is -0.122. The fourth-order valence-corrected chi connectivity index (χ4v) is 3.55. The maximum atomic E-state index is 13.8. The highest BCUT2D eigenvalue weighted by Crippen LogP contribution is 2.32. The molecule has 1 heterocycles. The molecule has 1 unspecified atom stereocenters. The molecule has 1 atom stereocenters. The van der Waals surface area contributed by atoms with Gasteiger partial charge in [0.2, 0.25) is 11.8 Å². The summed E-state index contributed by atoms with van der Waals surface area (Å²) in [7, 11) is 0. The van der Waals surface area contributed by atoms with E-state index in [4.69, 9.17) is 0 Å². The van der Waals surface area contributed by atoms with Gasteiger partial charge in [-0.2, -0.15) is 0 Å². The zero-order chi connectivity index (χ0) is 19.9. The van der Waals surface area contributed by atoms with Crippen molar-refractivity contribution < 1.29 is 22.8 Å². The number of amides is 2. The smallest absolute Gasteiger partial charge is 0.229 e. The number of carbonyl (C=O) groups is 2. The number of aryl methyl sites for hydroxylation is 3. The Bertz CT molecular complexity index is 920. The molecular formula is C20H19F3N2O2. The average molecular weight is 376 g/mol. The molecule has 0 saturated carbocycles. The van der Waals surface area contributed by atoms with Crippen molar-refractivity contribution in [3.05, 3.63) is 58.4 Å². The molecule has 1 aliphatic rings. The van der Waals surface area contributed by atoms with Gasteiger partial charge in [0.05, 0.1) is 11.6 Å². The van der Waals surface area contributed by atoms with E-state index in [1.54, 1.807) is 4.90 Å². The highest BCUT2D eigenvalue weighted by atomic mass is 19.2. The molecule has 2 aromatic carbocycles. The van der Waals surface area contributed by atoms with Crippen LogP contribution in [0.2, 0.25) is 0 Å². The number of nitrogens with one attached hydrogen (secondary N) is 1. The zero-order valence-electron chi connectivity index (χ0n) is 15.2. The summed E-state index contributed by atoms with van der Waals surface area (Å²) < 4.78 is 40.1. The number of halogens is 3. The van der Waals surface area contributed by atoms with Crippen molar-refractivity contribution in [2.45, 2.75) is 27.2 Å². The predicted octanol–water partition coefficient (Wildman–Crippen LogP) is 4.02. The van der Waals surface area contributed by atoms with Gasteiger partial charge in [-0.05, 0) is 44.0 Å². The Kier molecular flexibility index (Phi) is 4.95. The van der Waals surface area contributed by atoms with Gasteiger partial charge in [-0.3, -0.25) is 9.59 Å². The lowest BCUT2D eigenvalue weighted by Gasteiger charge is -2.22. The van der Waals surface area contributed by atoms with Gasteiger partial charge in [0.15, 0.2) is 17.5 Å². The first kappa shape index (κ1) is 18.9. The summed E-state index contributed by atoms with van der Waals surface area (Å²) in [5, 5.41) is 2.25. The second kappa shape index (κ2) is 7.06. The Morgan fingerprint density at radius 1 is 1.07 bits per heavy atom. The first-order valence-corrected chi connectivity index (χ1v) is 8.51. The fourth-order valence-electron chi connectivity index (χ4n) is 3.55.